The van der Waals surface area contributed by atoms with Gasteiger partial charge in [-0.15, -0.1) is 0 Å². The number of hydrogen-bond donors (Lipinski definition) is 1. The predicted molar refractivity (Wildman–Crippen MR) is 59.1 cm³/mol. The summed E-state index contributed by atoms with van der Waals surface area (Å²) in [6.07, 6.45) is 2.28. The third-order valence-electron chi connectivity index (χ3n) is 2.28. The molecule has 1 atom stereocenters. The Bertz CT molecular complexity index is 480. The first-order valence-corrected chi connectivity index (χ1v) is 4.95. The van der Waals surface area contributed by atoms with Gasteiger partial charge in [-0.2, -0.15) is 0 Å². The average Bonchev–Trinajstić information content (AvgIpc) is 2.16. The van der Waals surface area contributed by atoms with Gasteiger partial charge in [-0.05, 0) is 37.1 Å². The van der Waals surface area contributed by atoms with Crippen LogP contribution in [0.25, 0.3) is 10.9 Å². The van der Waals surface area contributed by atoms with E-state index >= 15 is 0 Å². The number of halogens is 1. The molecule has 0 radical (unpaired) electrons. The van der Waals surface area contributed by atoms with E-state index < -0.39 is 0 Å². The summed E-state index contributed by atoms with van der Waals surface area (Å²) >= 11 is 0. The maximum atomic E-state index is 13.6. The summed E-state index contributed by atoms with van der Waals surface area (Å²) in [6.45, 7) is 1.91. The van der Waals surface area contributed by atoms with E-state index in [1.54, 1.807) is 12.3 Å². The molecule has 0 bridgehead atoms. The van der Waals surface area contributed by atoms with E-state index in [-0.39, 0.29) is 11.9 Å². The van der Waals surface area contributed by atoms with Crippen LogP contribution in [0.2, 0.25) is 0 Å². The molecule has 1 heterocycles. The maximum absolute atomic E-state index is 13.6. The molecule has 0 fully saturated rings. The lowest BCUT2D eigenvalue weighted by molar-refractivity contribution is 0.632. The Morgan fingerprint density at radius 1 is 1.47 bits per heavy atom. The highest BCUT2D eigenvalue weighted by atomic mass is 19.1. The third kappa shape index (κ3) is 2.13. The van der Waals surface area contributed by atoms with Crippen LogP contribution in [0.5, 0.6) is 0 Å². The quantitative estimate of drug-likeness (QED) is 0.815. The fraction of sp³-hybridized carbons (Fsp3) is 0.250. The molecule has 0 aliphatic rings. The second kappa shape index (κ2) is 3.95. The van der Waals surface area contributed by atoms with Crippen LogP contribution < -0.4 is 5.73 Å². The molecule has 3 heteroatoms. The molecule has 15 heavy (non-hydrogen) atoms. The number of pyridine rings is 1. The Morgan fingerprint density at radius 3 is 3.00 bits per heavy atom. The smallest absolute Gasteiger partial charge is 0.149 e. The van der Waals surface area contributed by atoms with E-state index in [1.165, 1.54) is 6.07 Å². The lowest BCUT2D eigenvalue weighted by Gasteiger charge is -2.07. The molecule has 2 nitrogen and oxygen atoms in total. The Kier molecular flexibility index (Phi) is 2.64. The summed E-state index contributed by atoms with van der Waals surface area (Å²) in [5, 5.41) is 0.827. The Hall–Kier alpha value is -1.48. The van der Waals surface area contributed by atoms with E-state index in [1.807, 2.05) is 19.1 Å². The highest BCUT2D eigenvalue weighted by Gasteiger charge is 2.05. The van der Waals surface area contributed by atoms with Crippen molar-refractivity contribution in [1.82, 2.24) is 4.98 Å². The average molecular weight is 204 g/mol. The Morgan fingerprint density at radius 2 is 2.27 bits per heavy atom. The topological polar surface area (TPSA) is 38.9 Å². The highest BCUT2D eigenvalue weighted by Crippen LogP contribution is 2.18. The minimum atomic E-state index is -0.274. The van der Waals surface area contributed by atoms with Crippen LogP contribution in [-0.4, -0.2) is 11.0 Å². The summed E-state index contributed by atoms with van der Waals surface area (Å²) < 4.78 is 13.6. The summed E-state index contributed by atoms with van der Waals surface area (Å²) in [5.74, 6) is -0.274. The highest BCUT2D eigenvalue weighted by molar-refractivity contribution is 5.79. The molecule has 0 spiro atoms. The van der Waals surface area contributed by atoms with Crippen molar-refractivity contribution in [3.8, 4) is 0 Å². The molecular formula is C12H13FN2. The van der Waals surface area contributed by atoms with E-state index in [9.17, 15) is 4.39 Å². The van der Waals surface area contributed by atoms with Gasteiger partial charge in [-0.25, -0.2) is 4.39 Å². The zero-order chi connectivity index (χ0) is 10.8. The zero-order valence-electron chi connectivity index (χ0n) is 8.57. The van der Waals surface area contributed by atoms with E-state index in [4.69, 9.17) is 5.73 Å². The third-order valence-corrected chi connectivity index (χ3v) is 2.28. The van der Waals surface area contributed by atoms with Gasteiger partial charge in [0.1, 0.15) is 11.3 Å². The molecular weight excluding hydrogens is 191 g/mol. The first-order valence-electron chi connectivity index (χ1n) is 4.95. The van der Waals surface area contributed by atoms with Crippen LogP contribution in [-0.2, 0) is 6.42 Å². The van der Waals surface area contributed by atoms with Gasteiger partial charge in [-0.3, -0.25) is 4.98 Å². The lowest BCUT2D eigenvalue weighted by atomic mass is 10.0. The largest absolute Gasteiger partial charge is 0.328 e. The van der Waals surface area contributed by atoms with E-state index in [0.717, 1.165) is 10.9 Å². The van der Waals surface area contributed by atoms with Crippen LogP contribution in [0.4, 0.5) is 4.39 Å². The van der Waals surface area contributed by atoms with Gasteiger partial charge in [-0.1, -0.05) is 6.07 Å². The number of nitrogens with zero attached hydrogens (tertiary/aromatic N) is 1. The molecule has 0 saturated carbocycles. The molecule has 0 aliphatic carbocycles. The van der Waals surface area contributed by atoms with Crippen molar-refractivity contribution in [3.05, 3.63) is 41.8 Å². The molecule has 0 amide bonds. The zero-order valence-corrected chi connectivity index (χ0v) is 8.57. The van der Waals surface area contributed by atoms with Crippen LogP contribution in [0.15, 0.2) is 30.5 Å². The minimum Gasteiger partial charge on any atom is -0.328 e. The number of aromatic nitrogens is 1. The van der Waals surface area contributed by atoms with Crippen LogP contribution in [0.1, 0.15) is 12.5 Å². The van der Waals surface area contributed by atoms with Crippen molar-refractivity contribution in [2.24, 2.45) is 5.73 Å². The van der Waals surface area contributed by atoms with Crippen molar-refractivity contribution >= 4 is 10.9 Å². The maximum Gasteiger partial charge on any atom is 0.149 e. The fourth-order valence-corrected chi connectivity index (χ4v) is 1.70. The van der Waals surface area contributed by atoms with Crippen LogP contribution >= 0.6 is 0 Å². The number of rotatable bonds is 2. The standard InChI is InChI=1S/C12H13FN2/c1-8(14)5-9-6-10-3-2-4-15-12(10)11(13)7-9/h2-4,6-8H,5,14H2,1H3. The van der Waals surface area contributed by atoms with Gasteiger partial charge in [0, 0.05) is 17.6 Å². The van der Waals surface area contributed by atoms with Crippen LogP contribution in [0, 0.1) is 5.82 Å². The second-order valence-corrected chi connectivity index (χ2v) is 3.83. The van der Waals surface area contributed by atoms with E-state index in [0.29, 0.717) is 11.9 Å². The van der Waals surface area contributed by atoms with Crippen molar-refractivity contribution in [2.45, 2.75) is 19.4 Å². The number of hydrogen-bond acceptors (Lipinski definition) is 2. The van der Waals surface area contributed by atoms with Crippen molar-refractivity contribution in [3.63, 3.8) is 0 Å². The molecule has 0 aliphatic heterocycles. The van der Waals surface area contributed by atoms with Gasteiger partial charge in [0.05, 0.1) is 0 Å². The molecule has 1 aromatic carbocycles. The SMILES string of the molecule is CC(N)Cc1cc(F)c2ncccc2c1. The second-order valence-electron chi connectivity index (χ2n) is 3.83. The van der Waals surface area contributed by atoms with Crippen molar-refractivity contribution < 1.29 is 4.39 Å². The van der Waals surface area contributed by atoms with Gasteiger partial charge in [0.15, 0.2) is 0 Å². The summed E-state index contributed by atoms with van der Waals surface area (Å²) in [7, 11) is 0. The van der Waals surface area contributed by atoms with Gasteiger partial charge >= 0.3 is 0 Å². The van der Waals surface area contributed by atoms with Gasteiger partial charge < -0.3 is 5.73 Å². The first-order chi connectivity index (χ1) is 7.16. The summed E-state index contributed by atoms with van der Waals surface area (Å²) in [5.41, 5.74) is 7.02. The summed E-state index contributed by atoms with van der Waals surface area (Å²) in [6, 6.07) is 7.15. The molecule has 1 unspecified atom stereocenters. The normalized spacial score (nSPS) is 13.0. The van der Waals surface area contributed by atoms with Crippen molar-refractivity contribution in [1.29, 1.82) is 0 Å². The molecule has 78 valence electrons. The predicted octanol–water partition coefficient (Wildman–Crippen LogP) is 2.26. The number of fused-ring (bicyclic) bond motifs is 1. The van der Waals surface area contributed by atoms with Crippen molar-refractivity contribution in [2.75, 3.05) is 0 Å². The summed E-state index contributed by atoms with van der Waals surface area (Å²) in [4.78, 5) is 3.99. The minimum absolute atomic E-state index is 0.0403. The molecule has 2 rings (SSSR count). The fourth-order valence-electron chi connectivity index (χ4n) is 1.70. The molecule has 2 aromatic rings. The Balaban J connectivity index is 2.52. The number of benzene rings is 1. The van der Waals surface area contributed by atoms with E-state index in [2.05, 4.69) is 4.98 Å². The number of nitrogens with two attached hydrogens (primary N) is 1. The molecule has 2 N–H and O–H groups in total. The first kappa shape index (κ1) is 10.1. The van der Waals surface area contributed by atoms with Gasteiger partial charge in [0.25, 0.3) is 0 Å². The molecule has 1 aromatic heterocycles. The molecule has 0 saturated heterocycles. The van der Waals surface area contributed by atoms with Crippen LogP contribution in [0.3, 0.4) is 0 Å². The van der Waals surface area contributed by atoms with Gasteiger partial charge in [0.2, 0.25) is 0 Å². The Labute approximate surface area is 87.9 Å². The monoisotopic (exact) mass is 204 g/mol. The lowest BCUT2D eigenvalue weighted by Crippen LogP contribution is -2.17.